The number of hydrogen-bond donors (Lipinski definition) is 1. The first-order chi connectivity index (χ1) is 13.8. The van der Waals surface area contributed by atoms with Crippen LogP contribution in [0.2, 0.25) is 0 Å². The van der Waals surface area contributed by atoms with Crippen molar-refractivity contribution in [3.63, 3.8) is 0 Å². The number of carbonyl (C=O) groups is 1. The van der Waals surface area contributed by atoms with E-state index < -0.39 is 0 Å². The van der Waals surface area contributed by atoms with Gasteiger partial charge in [0, 0.05) is 17.9 Å². The molecule has 4 heteroatoms. The minimum absolute atomic E-state index is 0.300. The van der Waals surface area contributed by atoms with Gasteiger partial charge in [0.2, 0.25) is 0 Å². The summed E-state index contributed by atoms with van der Waals surface area (Å²) in [7, 11) is 1.41. The van der Waals surface area contributed by atoms with Crippen LogP contribution in [0.5, 0.6) is 5.75 Å². The first-order valence-electron chi connectivity index (χ1n) is 10.6. The number of phenols is 1. The Hall–Kier alpha value is -2.49. The lowest BCUT2D eigenvalue weighted by molar-refractivity contribution is 0.0600. The van der Waals surface area contributed by atoms with Crippen molar-refractivity contribution in [2.75, 3.05) is 18.6 Å². The highest BCUT2D eigenvalue weighted by Gasteiger charge is 2.44. The zero-order valence-corrected chi connectivity index (χ0v) is 18.6. The molecule has 0 aromatic heterocycles. The van der Waals surface area contributed by atoms with Crippen LogP contribution in [-0.2, 0) is 11.2 Å². The fraction of sp³-hybridized carbons (Fsp3) is 0.480. The molecule has 1 saturated carbocycles. The quantitative estimate of drug-likeness (QED) is 0.634. The number of benzene rings is 2. The molecule has 1 heterocycles. The van der Waals surface area contributed by atoms with E-state index in [1.807, 2.05) is 52.0 Å². The number of methoxy groups -OCH3 is 1. The van der Waals surface area contributed by atoms with Gasteiger partial charge in [0.1, 0.15) is 5.75 Å². The smallest absolute Gasteiger partial charge is 0.337 e. The summed E-state index contributed by atoms with van der Waals surface area (Å²) in [5.41, 5.74) is 7.59. The van der Waals surface area contributed by atoms with Crippen LogP contribution in [-0.4, -0.2) is 24.7 Å². The van der Waals surface area contributed by atoms with E-state index in [4.69, 9.17) is 4.74 Å². The van der Waals surface area contributed by atoms with Gasteiger partial charge >= 0.3 is 5.97 Å². The van der Waals surface area contributed by atoms with Crippen molar-refractivity contribution in [3.8, 4) is 5.75 Å². The van der Waals surface area contributed by atoms with Gasteiger partial charge in [0.05, 0.1) is 12.7 Å². The van der Waals surface area contributed by atoms with Crippen LogP contribution in [0.15, 0.2) is 24.3 Å². The van der Waals surface area contributed by atoms with Gasteiger partial charge in [-0.25, -0.2) is 4.79 Å². The fourth-order valence-corrected chi connectivity index (χ4v) is 4.76. The second kappa shape index (κ2) is 8.10. The Labute approximate surface area is 174 Å². The number of nitrogens with zero attached hydrogens (tertiary/aromatic N) is 1. The fourth-order valence-electron chi connectivity index (χ4n) is 4.76. The molecule has 4 nitrogen and oxygen atoms in total. The molecule has 0 amide bonds. The molecule has 2 aliphatic rings. The maximum atomic E-state index is 11.9. The Kier molecular flexibility index (Phi) is 5.92. The van der Waals surface area contributed by atoms with Crippen LogP contribution < -0.4 is 4.90 Å². The molecule has 0 unspecified atom stereocenters. The molecule has 0 bridgehead atoms. The van der Waals surface area contributed by atoms with Gasteiger partial charge in [-0.1, -0.05) is 20.3 Å². The lowest BCUT2D eigenvalue weighted by Crippen LogP contribution is -2.46. The summed E-state index contributed by atoms with van der Waals surface area (Å²) < 4.78 is 4.86. The molecule has 0 atom stereocenters. The summed E-state index contributed by atoms with van der Waals surface area (Å²) in [4.78, 5) is 14.3. The summed E-state index contributed by atoms with van der Waals surface area (Å²) in [6.07, 6.45) is 4.78. The third-order valence-corrected chi connectivity index (χ3v) is 6.57. The number of rotatable bonds is 2. The van der Waals surface area contributed by atoms with Crippen molar-refractivity contribution < 1.29 is 14.6 Å². The van der Waals surface area contributed by atoms with E-state index in [-0.39, 0.29) is 5.97 Å². The van der Waals surface area contributed by atoms with Gasteiger partial charge < -0.3 is 14.7 Å². The van der Waals surface area contributed by atoms with Crippen LogP contribution in [0.25, 0.3) is 0 Å². The SMILES string of the molecule is CC.COC(=O)c1ccc(N2CC3(CCC3)Cc3cc(O)c(C)c(C)c32)c(C)c1. The molecule has 2 aromatic carbocycles. The first kappa shape index (κ1) is 21.2. The number of anilines is 2. The van der Waals surface area contributed by atoms with Gasteiger partial charge in [0.25, 0.3) is 0 Å². The molecule has 0 saturated heterocycles. The third-order valence-electron chi connectivity index (χ3n) is 6.57. The standard InChI is InChI=1S/C23H27NO3.C2H6/c1-14-10-17(22(26)27-4)6-7-19(14)24-13-23(8-5-9-23)12-18-11-20(25)15(2)16(3)21(18)24;1-2/h6-7,10-11,25H,5,8-9,12-13H2,1-4H3;1-2H3. The summed E-state index contributed by atoms with van der Waals surface area (Å²) >= 11 is 0. The molecule has 1 fully saturated rings. The van der Waals surface area contributed by atoms with E-state index in [0.717, 1.165) is 35.3 Å². The summed E-state index contributed by atoms with van der Waals surface area (Å²) in [5.74, 6) is 0.0800. The average molecular weight is 396 g/mol. The highest BCUT2D eigenvalue weighted by atomic mass is 16.5. The molecule has 1 N–H and O–H groups in total. The van der Waals surface area contributed by atoms with Crippen molar-refractivity contribution in [3.05, 3.63) is 52.1 Å². The minimum Gasteiger partial charge on any atom is -0.508 e. The summed E-state index contributed by atoms with van der Waals surface area (Å²) in [6.45, 7) is 11.1. The van der Waals surface area contributed by atoms with E-state index in [0.29, 0.717) is 16.7 Å². The maximum Gasteiger partial charge on any atom is 0.337 e. The second-order valence-corrected chi connectivity index (χ2v) is 8.26. The zero-order chi connectivity index (χ0) is 21.3. The monoisotopic (exact) mass is 395 g/mol. The number of aromatic hydroxyl groups is 1. The molecule has 4 rings (SSSR count). The lowest BCUT2D eigenvalue weighted by Gasteiger charge is -2.51. The van der Waals surface area contributed by atoms with Crippen LogP contribution in [0.1, 0.15) is 65.7 Å². The van der Waals surface area contributed by atoms with Crippen molar-refractivity contribution in [2.45, 2.75) is 60.3 Å². The van der Waals surface area contributed by atoms with E-state index in [9.17, 15) is 9.90 Å². The Morgan fingerprint density at radius 3 is 2.34 bits per heavy atom. The van der Waals surface area contributed by atoms with Gasteiger partial charge in [-0.2, -0.15) is 0 Å². The van der Waals surface area contributed by atoms with Gasteiger partial charge in [-0.3, -0.25) is 0 Å². The number of aryl methyl sites for hydroxylation is 1. The highest BCUT2D eigenvalue weighted by Crippen LogP contribution is 2.53. The normalized spacial score (nSPS) is 16.4. The highest BCUT2D eigenvalue weighted by molar-refractivity contribution is 5.90. The van der Waals surface area contributed by atoms with Crippen LogP contribution in [0.3, 0.4) is 0 Å². The molecule has 29 heavy (non-hydrogen) atoms. The van der Waals surface area contributed by atoms with Crippen molar-refractivity contribution in [2.24, 2.45) is 5.41 Å². The van der Waals surface area contributed by atoms with Gasteiger partial charge in [-0.05, 0) is 92.0 Å². The zero-order valence-electron chi connectivity index (χ0n) is 18.6. The van der Waals surface area contributed by atoms with Crippen molar-refractivity contribution >= 4 is 17.3 Å². The average Bonchev–Trinajstić information content (AvgIpc) is 2.71. The van der Waals surface area contributed by atoms with E-state index in [1.165, 1.54) is 37.6 Å². The molecular weight excluding hydrogens is 362 g/mol. The van der Waals surface area contributed by atoms with Gasteiger partial charge in [-0.15, -0.1) is 0 Å². The van der Waals surface area contributed by atoms with Crippen LogP contribution in [0, 0.1) is 26.2 Å². The number of carbonyl (C=O) groups excluding carboxylic acids is 1. The summed E-state index contributed by atoms with van der Waals surface area (Å²) in [6, 6.07) is 7.75. The molecule has 1 aliphatic carbocycles. The predicted molar refractivity (Wildman–Crippen MR) is 118 cm³/mol. The summed E-state index contributed by atoms with van der Waals surface area (Å²) in [5, 5.41) is 10.4. The van der Waals surface area contributed by atoms with E-state index >= 15 is 0 Å². The molecular formula is C25H33NO3. The number of ether oxygens (including phenoxy) is 1. The molecule has 0 radical (unpaired) electrons. The van der Waals surface area contributed by atoms with Crippen LogP contribution >= 0.6 is 0 Å². The lowest BCUT2D eigenvalue weighted by atomic mass is 9.63. The Morgan fingerprint density at radius 1 is 1.10 bits per heavy atom. The topological polar surface area (TPSA) is 49.8 Å². The number of phenolic OH excluding ortho intramolecular Hbond substituents is 1. The predicted octanol–water partition coefficient (Wildman–Crippen LogP) is 5.99. The van der Waals surface area contributed by atoms with E-state index in [2.05, 4.69) is 11.8 Å². The first-order valence-corrected chi connectivity index (χ1v) is 10.6. The van der Waals surface area contributed by atoms with Crippen molar-refractivity contribution in [1.29, 1.82) is 0 Å². The molecule has 156 valence electrons. The van der Waals surface area contributed by atoms with Crippen molar-refractivity contribution in [1.82, 2.24) is 0 Å². The second-order valence-electron chi connectivity index (χ2n) is 8.26. The number of hydrogen-bond acceptors (Lipinski definition) is 4. The Balaban J connectivity index is 0.00000117. The van der Waals surface area contributed by atoms with Crippen LogP contribution in [0.4, 0.5) is 11.4 Å². The van der Waals surface area contributed by atoms with Gasteiger partial charge in [0.15, 0.2) is 0 Å². The molecule has 2 aromatic rings. The van der Waals surface area contributed by atoms with E-state index in [1.54, 1.807) is 0 Å². The largest absolute Gasteiger partial charge is 0.508 e. The third kappa shape index (κ3) is 3.61. The number of esters is 1. The Morgan fingerprint density at radius 2 is 1.79 bits per heavy atom. The molecule has 1 aliphatic heterocycles. The molecule has 1 spiro atoms. The number of fused-ring (bicyclic) bond motifs is 1. The minimum atomic E-state index is -0.309. The Bertz CT molecular complexity index is 928. The maximum absolute atomic E-state index is 11.9.